The lowest BCUT2D eigenvalue weighted by atomic mass is 9.86. The second-order valence-electron chi connectivity index (χ2n) is 6.80. The molecule has 0 aliphatic heterocycles. The summed E-state index contributed by atoms with van der Waals surface area (Å²) in [5.74, 6) is 0.773. The molecular formula is C20H26O2. The van der Waals surface area contributed by atoms with Crippen LogP contribution in [0.25, 0.3) is 10.8 Å². The molecule has 0 aromatic heterocycles. The van der Waals surface area contributed by atoms with Crippen LogP contribution >= 0.6 is 0 Å². The first-order valence-corrected chi connectivity index (χ1v) is 8.05. The van der Waals surface area contributed by atoms with Gasteiger partial charge >= 0.3 is 5.97 Å². The Bertz CT molecular complexity index is 669. The summed E-state index contributed by atoms with van der Waals surface area (Å²) < 4.78 is 5.09. The van der Waals surface area contributed by atoms with Gasteiger partial charge in [-0.3, -0.25) is 0 Å². The van der Waals surface area contributed by atoms with Crippen LogP contribution in [0.5, 0.6) is 0 Å². The Hall–Kier alpha value is -1.83. The number of carbonyl (C=O) groups is 1. The van der Waals surface area contributed by atoms with Gasteiger partial charge in [0, 0.05) is 0 Å². The quantitative estimate of drug-likeness (QED) is 0.724. The van der Waals surface area contributed by atoms with Gasteiger partial charge in [0.05, 0.1) is 12.7 Å². The molecule has 0 fully saturated rings. The normalized spacial score (nSPS) is 11.4. The zero-order valence-corrected chi connectivity index (χ0v) is 14.3. The fourth-order valence-electron chi connectivity index (χ4n) is 3.06. The van der Waals surface area contributed by atoms with Crippen molar-refractivity contribution < 1.29 is 9.53 Å². The Kier molecular flexibility index (Phi) is 5.23. The molecule has 0 heterocycles. The van der Waals surface area contributed by atoms with Crippen molar-refractivity contribution in [1.29, 1.82) is 0 Å². The van der Waals surface area contributed by atoms with Gasteiger partial charge in [-0.25, -0.2) is 4.79 Å². The van der Waals surface area contributed by atoms with Gasteiger partial charge in [0.2, 0.25) is 0 Å². The lowest BCUT2D eigenvalue weighted by Crippen LogP contribution is -2.13. The highest BCUT2D eigenvalue weighted by Crippen LogP contribution is 2.30. The maximum Gasteiger partial charge on any atom is 0.338 e. The third-order valence-electron chi connectivity index (χ3n) is 3.87. The molecular weight excluding hydrogens is 272 g/mol. The van der Waals surface area contributed by atoms with E-state index in [1.54, 1.807) is 0 Å². The van der Waals surface area contributed by atoms with Crippen LogP contribution in [0.15, 0.2) is 30.3 Å². The Morgan fingerprint density at radius 3 is 2.27 bits per heavy atom. The molecule has 2 aromatic rings. The summed E-state index contributed by atoms with van der Waals surface area (Å²) in [7, 11) is 1.47. The third kappa shape index (κ3) is 3.49. The van der Waals surface area contributed by atoms with Crippen molar-refractivity contribution in [3.05, 3.63) is 47.0 Å². The van der Waals surface area contributed by atoms with Crippen LogP contribution in [-0.4, -0.2) is 13.1 Å². The van der Waals surface area contributed by atoms with Crippen LogP contribution in [0, 0.1) is 11.8 Å². The Labute approximate surface area is 133 Å². The number of ether oxygens (including phenoxy) is 1. The van der Waals surface area contributed by atoms with Gasteiger partial charge in [-0.15, -0.1) is 0 Å². The van der Waals surface area contributed by atoms with Gasteiger partial charge in [-0.1, -0.05) is 58.0 Å². The Morgan fingerprint density at radius 2 is 1.68 bits per heavy atom. The molecule has 0 bridgehead atoms. The highest BCUT2D eigenvalue weighted by atomic mass is 16.5. The first-order chi connectivity index (χ1) is 10.4. The topological polar surface area (TPSA) is 26.3 Å². The van der Waals surface area contributed by atoms with Crippen LogP contribution < -0.4 is 0 Å². The molecule has 0 unspecified atom stereocenters. The van der Waals surface area contributed by atoms with Crippen LogP contribution in [0.4, 0.5) is 0 Å². The number of fused-ring (bicyclic) bond motifs is 1. The SMILES string of the molecule is COC(=O)c1c(CC(C)C)cc2ccccc2c1CC(C)C. The smallest absolute Gasteiger partial charge is 0.338 e. The van der Waals surface area contributed by atoms with Crippen LogP contribution in [-0.2, 0) is 17.6 Å². The first kappa shape index (κ1) is 16.5. The third-order valence-corrected chi connectivity index (χ3v) is 3.87. The number of esters is 1. The maximum atomic E-state index is 12.4. The molecule has 0 saturated carbocycles. The van der Waals surface area contributed by atoms with Crippen LogP contribution in [0.2, 0.25) is 0 Å². The molecule has 0 aliphatic rings. The lowest BCUT2D eigenvalue weighted by Gasteiger charge is -2.19. The number of benzene rings is 2. The predicted octanol–water partition coefficient (Wildman–Crippen LogP) is 5.02. The molecule has 0 radical (unpaired) electrons. The van der Waals surface area contributed by atoms with E-state index < -0.39 is 0 Å². The summed E-state index contributed by atoms with van der Waals surface area (Å²) in [6, 6.07) is 10.5. The van der Waals surface area contributed by atoms with E-state index in [-0.39, 0.29) is 5.97 Å². The molecule has 0 saturated heterocycles. The average molecular weight is 298 g/mol. The average Bonchev–Trinajstić information content (AvgIpc) is 2.45. The monoisotopic (exact) mass is 298 g/mol. The van der Waals surface area contributed by atoms with Crippen molar-refractivity contribution in [3.63, 3.8) is 0 Å². The minimum absolute atomic E-state index is 0.211. The zero-order chi connectivity index (χ0) is 16.3. The van der Waals surface area contributed by atoms with E-state index in [4.69, 9.17) is 4.74 Å². The van der Waals surface area contributed by atoms with Crippen molar-refractivity contribution in [1.82, 2.24) is 0 Å². The van der Waals surface area contributed by atoms with Gasteiger partial charge < -0.3 is 4.74 Å². The largest absolute Gasteiger partial charge is 0.465 e. The minimum atomic E-state index is -0.211. The number of hydrogen-bond acceptors (Lipinski definition) is 2. The predicted molar refractivity (Wildman–Crippen MR) is 92.4 cm³/mol. The molecule has 0 amide bonds. The maximum absolute atomic E-state index is 12.4. The van der Waals surface area contributed by atoms with Gasteiger partial charge in [-0.2, -0.15) is 0 Å². The molecule has 2 nitrogen and oxygen atoms in total. The van der Waals surface area contributed by atoms with Crippen molar-refractivity contribution >= 4 is 16.7 Å². The number of hydrogen-bond donors (Lipinski definition) is 0. The molecule has 0 N–H and O–H groups in total. The zero-order valence-electron chi connectivity index (χ0n) is 14.3. The number of carbonyl (C=O) groups excluding carboxylic acids is 1. The Balaban J connectivity index is 2.77. The summed E-state index contributed by atoms with van der Waals surface area (Å²) in [4.78, 5) is 12.4. The highest BCUT2D eigenvalue weighted by molar-refractivity contribution is 6.00. The summed E-state index contributed by atoms with van der Waals surface area (Å²) in [6.45, 7) is 8.73. The lowest BCUT2D eigenvalue weighted by molar-refractivity contribution is 0.0598. The summed E-state index contributed by atoms with van der Waals surface area (Å²) in [5, 5.41) is 2.38. The van der Waals surface area contributed by atoms with E-state index in [1.165, 1.54) is 17.9 Å². The standard InChI is InChI=1S/C20H26O2/c1-13(2)10-16-12-15-8-6-7-9-17(15)18(11-14(3)4)19(16)20(21)22-5/h6-9,12-14H,10-11H2,1-5H3. The molecule has 0 spiro atoms. The molecule has 2 aromatic carbocycles. The van der Waals surface area contributed by atoms with Gasteiger partial charge in [0.1, 0.15) is 0 Å². The number of rotatable bonds is 5. The van der Waals surface area contributed by atoms with Crippen molar-refractivity contribution in [2.75, 3.05) is 7.11 Å². The van der Waals surface area contributed by atoms with Gasteiger partial charge in [0.15, 0.2) is 0 Å². The fourth-order valence-corrected chi connectivity index (χ4v) is 3.06. The van der Waals surface area contributed by atoms with E-state index in [9.17, 15) is 4.79 Å². The molecule has 0 aliphatic carbocycles. The van der Waals surface area contributed by atoms with Crippen molar-refractivity contribution in [2.45, 2.75) is 40.5 Å². The highest BCUT2D eigenvalue weighted by Gasteiger charge is 2.21. The van der Waals surface area contributed by atoms with Crippen molar-refractivity contribution in [3.8, 4) is 0 Å². The summed E-state index contributed by atoms with van der Waals surface area (Å²) in [6.07, 6.45) is 1.78. The van der Waals surface area contributed by atoms with Crippen LogP contribution in [0.1, 0.15) is 49.2 Å². The van der Waals surface area contributed by atoms with Gasteiger partial charge in [-0.05, 0) is 46.6 Å². The minimum Gasteiger partial charge on any atom is -0.465 e. The fraction of sp³-hybridized carbons (Fsp3) is 0.450. The van der Waals surface area contributed by atoms with Crippen LogP contribution in [0.3, 0.4) is 0 Å². The van der Waals surface area contributed by atoms with E-state index in [1.807, 2.05) is 6.07 Å². The second kappa shape index (κ2) is 6.95. The van der Waals surface area contributed by atoms with E-state index in [0.29, 0.717) is 11.8 Å². The first-order valence-electron chi connectivity index (χ1n) is 8.05. The molecule has 22 heavy (non-hydrogen) atoms. The van der Waals surface area contributed by atoms with E-state index >= 15 is 0 Å². The van der Waals surface area contributed by atoms with E-state index in [0.717, 1.165) is 29.5 Å². The van der Waals surface area contributed by atoms with Gasteiger partial charge in [0.25, 0.3) is 0 Å². The molecule has 2 heteroatoms. The van der Waals surface area contributed by atoms with E-state index in [2.05, 4.69) is 52.0 Å². The Morgan fingerprint density at radius 1 is 1.05 bits per heavy atom. The molecule has 0 atom stereocenters. The van der Waals surface area contributed by atoms with Crippen molar-refractivity contribution in [2.24, 2.45) is 11.8 Å². The molecule has 2 rings (SSSR count). The second-order valence-corrected chi connectivity index (χ2v) is 6.80. The summed E-state index contributed by atoms with van der Waals surface area (Å²) in [5.41, 5.74) is 3.02. The molecule has 118 valence electrons. The number of methoxy groups -OCH3 is 1. The summed E-state index contributed by atoms with van der Waals surface area (Å²) >= 11 is 0.